The Morgan fingerprint density at radius 2 is 1.61 bits per heavy atom. The Morgan fingerprint density at radius 1 is 0.947 bits per heavy atom. The van der Waals surface area contributed by atoms with Crippen LogP contribution in [0.3, 0.4) is 0 Å². The van der Waals surface area contributed by atoms with E-state index in [1.807, 2.05) is 37.3 Å². The number of amides is 2. The summed E-state index contributed by atoms with van der Waals surface area (Å²) in [6.45, 7) is 4.77. The Morgan fingerprint density at radius 3 is 2.18 bits per heavy atom. The molecule has 0 spiro atoms. The molecule has 1 unspecified atom stereocenters. The maximum Gasteiger partial charge on any atom is 0.273 e. The molecule has 0 aliphatic carbocycles. The number of halogens is 2. The van der Waals surface area contributed by atoms with Crippen molar-refractivity contribution in [3.63, 3.8) is 0 Å². The second kappa shape index (κ2) is 12.4. The zero-order chi connectivity index (χ0) is 27.9. The summed E-state index contributed by atoms with van der Waals surface area (Å²) in [5.74, 6) is -5.27. The Balaban J connectivity index is 1.90. The molecule has 0 saturated heterocycles. The highest BCUT2D eigenvalue weighted by molar-refractivity contribution is 6.24. The average molecular weight is 522 g/mol. The molecular weight excluding hydrogens is 488 g/mol. The number of benzene rings is 3. The van der Waals surface area contributed by atoms with Crippen molar-refractivity contribution in [1.82, 2.24) is 0 Å². The lowest BCUT2D eigenvalue weighted by Crippen LogP contribution is -2.38. The molecule has 6 nitrogen and oxygen atoms in total. The van der Waals surface area contributed by atoms with Gasteiger partial charge in [0.25, 0.3) is 5.92 Å². The van der Waals surface area contributed by atoms with Crippen molar-refractivity contribution in [2.75, 3.05) is 17.7 Å². The van der Waals surface area contributed by atoms with Gasteiger partial charge in [-0.25, -0.2) is 8.78 Å². The first-order valence-electron chi connectivity index (χ1n) is 12.5. The van der Waals surface area contributed by atoms with Crippen LogP contribution in [0.1, 0.15) is 44.7 Å². The van der Waals surface area contributed by atoms with Crippen LogP contribution in [-0.2, 0) is 21.9 Å². The number of ether oxygens (including phenoxy) is 1. The number of hydrogen-bond acceptors (Lipinski definition) is 4. The van der Waals surface area contributed by atoms with E-state index in [0.717, 1.165) is 23.1 Å². The molecule has 3 rings (SSSR count). The van der Waals surface area contributed by atoms with Crippen molar-refractivity contribution < 1.29 is 23.1 Å². The highest BCUT2D eigenvalue weighted by atomic mass is 19.3. The molecule has 0 bridgehead atoms. The Kier molecular flexibility index (Phi) is 9.34. The predicted octanol–water partition coefficient (Wildman–Crippen LogP) is 7.05. The van der Waals surface area contributed by atoms with Gasteiger partial charge in [0.05, 0.1) is 7.11 Å². The Bertz CT molecular complexity index is 1310. The summed E-state index contributed by atoms with van der Waals surface area (Å²) in [5.41, 5.74) is 2.76. The maximum absolute atomic E-state index is 14.1. The third-order valence-electron chi connectivity index (χ3n) is 6.20. The van der Waals surface area contributed by atoms with Gasteiger partial charge in [-0.1, -0.05) is 62.7 Å². The number of carbonyl (C=O) groups is 2. The zero-order valence-corrected chi connectivity index (χ0v) is 22.0. The minimum Gasteiger partial charge on any atom is -0.496 e. The van der Waals surface area contributed by atoms with Crippen molar-refractivity contribution in [3.8, 4) is 16.9 Å². The largest absolute Gasteiger partial charge is 0.496 e. The lowest BCUT2D eigenvalue weighted by atomic mass is 9.97. The quantitative estimate of drug-likeness (QED) is 0.187. The van der Waals surface area contributed by atoms with E-state index in [1.54, 1.807) is 19.2 Å². The van der Waals surface area contributed by atoms with Gasteiger partial charge in [-0.2, -0.15) is 0 Å². The summed E-state index contributed by atoms with van der Waals surface area (Å²) in [7, 11) is 1.60. The minimum absolute atomic E-state index is 0.126. The molecule has 200 valence electrons. The Labute approximate surface area is 221 Å². The van der Waals surface area contributed by atoms with Gasteiger partial charge in [-0.3, -0.25) is 9.59 Å². The fraction of sp³-hybridized carbons (Fsp3) is 0.300. The molecule has 2 amide bonds. The second-order valence-corrected chi connectivity index (χ2v) is 9.07. The molecule has 3 N–H and O–H groups in total. The third kappa shape index (κ3) is 6.62. The van der Waals surface area contributed by atoms with E-state index in [2.05, 4.69) is 10.6 Å². The number of nitrogens with one attached hydrogen (secondary N) is 3. The minimum atomic E-state index is -3.05. The summed E-state index contributed by atoms with van der Waals surface area (Å²) in [5, 5.41) is 13.4. The van der Waals surface area contributed by atoms with Crippen LogP contribution in [0.2, 0.25) is 0 Å². The monoisotopic (exact) mass is 521 g/mol. The van der Waals surface area contributed by atoms with Crippen LogP contribution in [0.25, 0.3) is 11.1 Å². The van der Waals surface area contributed by atoms with E-state index in [1.165, 1.54) is 38.1 Å². The van der Waals surface area contributed by atoms with Crippen molar-refractivity contribution >= 4 is 28.9 Å². The second-order valence-electron chi connectivity index (χ2n) is 9.07. The van der Waals surface area contributed by atoms with E-state index >= 15 is 0 Å². The lowest BCUT2D eigenvalue weighted by Gasteiger charge is -2.20. The van der Waals surface area contributed by atoms with E-state index in [-0.39, 0.29) is 23.4 Å². The van der Waals surface area contributed by atoms with Gasteiger partial charge in [-0.15, -0.1) is 0 Å². The van der Waals surface area contributed by atoms with Gasteiger partial charge < -0.3 is 20.8 Å². The standard InChI is InChI=1S/C30H33F2N3O3/c1-5-11-21-16-24(18-25(27(21)38-4)20-12-8-7-9-13-20)35-29(37)26(19(3)33)28(36)34-23-15-10-14-22(17-23)30(31,32)6-2/h7-10,12-18,26,33H,5-6,11H2,1-4H3,(H,34,36)(H,35,37). The number of carbonyl (C=O) groups excluding carboxylic acids is 2. The first-order chi connectivity index (χ1) is 18.1. The summed E-state index contributed by atoms with van der Waals surface area (Å²) >= 11 is 0. The van der Waals surface area contributed by atoms with Gasteiger partial charge in [0.15, 0.2) is 5.92 Å². The number of aryl methyl sites for hydroxylation is 1. The molecule has 1 atom stereocenters. The molecule has 0 heterocycles. The van der Waals surface area contributed by atoms with Crippen molar-refractivity contribution in [2.45, 2.75) is 46.0 Å². The van der Waals surface area contributed by atoms with E-state index < -0.39 is 23.7 Å². The molecule has 3 aromatic rings. The van der Waals surface area contributed by atoms with Crippen LogP contribution in [0, 0.1) is 11.3 Å². The molecule has 38 heavy (non-hydrogen) atoms. The highest BCUT2D eigenvalue weighted by Crippen LogP contribution is 2.37. The fourth-order valence-electron chi connectivity index (χ4n) is 4.26. The summed E-state index contributed by atoms with van der Waals surface area (Å²) < 4.78 is 34.0. The molecule has 0 aliphatic heterocycles. The number of anilines is 2. The van der Waals surface area contributed by atoms with Gasteiger partial charge in [0.2, 0.25) is 11.8 Å². The van der Waals surface area contributed by atoms with Gasteiger partial charge in [-0.05, 0) is 48.7 Å². The molecule has 0 fully saturated rings. The molecule has 0 aliphatic rings. The van der Waals surface area contributed by atoms with Crippen LogP contribution in [-0.4, -0.2) is 24.6 Å². The number of alkyl halides is 2. The van der Waals surface area contributed by atoms with Crippen LogP contribution in [0.4, 0.5) is 20.2 Å². The smallest absolute Gasteiger partial charge is 0.273 e. The summed E-state index contributed by atoms with van der Waals surface area (Å²) in [6.07, 6.45) is 1.17. The highest BCUT2D eigenvalue weighted by Gasteiger charge is 2.31. The van der Waals surface area contributed by atoms with Gasteiger partial charge in [0, 0.05) is 34.6 Å². The van der Waals surface area contributed by atoms with Crippen LogP contribution < -0.4 is 15.4 Å². The summed E-state index contributed by atoms with van der Waals surface area (Å²) in [6, 6.07) is 18.5. The maximum atomic E-state index is 14.1. The van der Waals surface area contributed by atoms with Crippen LogP contribution in [0.15, 0.2) is 66.7 Å². The molecule has 3 aromatic carbocycles. The van der Waals surface area contributed by atoms with Crippen LogP contribution in [0.5, 0.6) is 5.75 Å². The molecule has 0 saturated carbocycles. The normalized spacial score (nSPS) is 11.9. The number of hydrogen-bond donors (Lipinski definition) is 3. The van der Waals surface area contributed by atoms with E-state index in [0.29, 0.717) is 17.9 Å². The van der Waals surface area contributed by atoms with Gasteiger partial charge in [0.1, 0.15) is 5.75 Å². The molecule has 8 heteroatoms. The topological polar surface area (TPSA) is 91.3 Å². The van der Waals surface area contributed by atoms with E-state index in [4.69, 9.17) is 10.1 Å². The first-order valence-corrected chi connectivity index (χ1v) is 12.5. The molecular formula is C30H33F2N3O3. The zero-order valence-electron chi connectivity index (χ0n) is 22.0. The molecule has 0 aromatic heterocycles. The summed E-state index contributed by atoms with van der Waals surface area (Å²) in [4.78, 5) is 26.3. The SMILES string of the molecule is CCCc1cc(NC(=O)C(C(C)=N)C(=O)Nc2cccc(C(F)(F)CC)c2)cc(-c2ccccc2)c1OC. The van der Waals surface area contributed by atoms with Crippen molar-refractivity contribution in [3.05, 3.63) is 77.9 Å². The van der Waals surface area contributed by atoms with E-state index in [9.17, 15) is 18.4 Å². The number of rotatable bonds is 11. The Hall–Kier alpha value is -4.07. The van der Waals surface area contributed by atoms with Gasteiger partial charge >= 0.3 is 0 Å². The van der Waals surface area contributed by atoms with Crippen molar-refractivity contribution in [2.24, 2.45) is 5.92 Å². The fourth-order valence-corrected chi connectivity index (χ4v) is 4.26. The molecule has 0 radical (unpaired) electrons. The first kappa shape index (κ1) is 28.5. The number of methoxy groups -OCH3 is 1. The third-order valence-corrected chi connectivity index (χ3v) is 6.20. The van der Waals surface area contributed by atoms with Crippen molar-refractivity contribution in [1.29, 1.82) is 5.41 Å². The average Bonchev–Trinajstić information content (AvgIpc) is 2.89. The predicted molar refractivity (Wildman–Crippen MR) is 147 cm³/mol. The lowest BCUT2D eigenvalue weighted by molar-refractivity contribution is -0.126. The van der Waals surface area contributed by atoms with Crippen LogP contribution >= 0.6 is 0 Å².